The zero-order chi connectivity index (χ0) is 19.4. The first-order valence-corrected chi connectivity index (χ1v) is 9.57. The Morgan fingerprint density at radius 2 is 1.96 bits per heavy atom. The average molecular weight is 403 g/mol. The van der Waals surface area contributed by atoms with Crippen LogP contribution in [0.2, 0.25) is 5.02 Å². The van der Waals surface area contributed by atoms with Crippen LogP contribution in [0.3, 0.4) is 0 Å². The molecule has 0 radical (unpaired) electrons. The largest absolute Gasteiger partial charge is 0.497 e. The van der Waals surface area contributed by atoms with Crippen LogP contribution < -0.4 is 10.1 Å². The van der Waals surface area contributed by atoms with Crippen LogP contribution in [-0.2, 0) is 11.8 Å². The minimum atomic E-state index is -0.131. The highest BCUT2D eigenvalue weighted by atomic mass is 35.5. The first-order valence-electron chi connectivity index (χ1n) is 8.20. The highest BCUT2D eigenvalue weighted by Crippen LogP contribution is 2.25. The normalized spacial score (nSPS) is 10.7. The van der Waals surface area contributed by atoms with Crippen LogP contribution in [0, 0.1) is 6.92 Å². The van der Waals surface area contributed by atoms with Gasteiger partial charge in [-0.1, -0.05) is 29.4 Å². The first-order chi connectivity index (χ1) is 13.0. The molecule has 8 heteroatoms. The van der Waals surface area contributed by atoms with Crippen LogP contribution >= 0.6 is 23.4 Å². The van der Waals surface area contributed by atoms with Crippen molar-refractivity contribution in [3.05, 3.63) is 53.1 Å². The zero-order valence-electron chi connectivity index (χ0n) is 15.2. The smallest absolute Gasteiger partial charge is 0.234 e. The number of thioether (sulfide) groups is 1. The molecule has 1 N–H and O–H groups in total. The van der Waals surface area contributed by atoms with E-state index in [0.717, 1.165) is 22.7 Å². The van der Waals surface area contributed by atoms with Gasteiger partial charge in [0.15, 0.2) is 11.0 Å². The number of halogens is 1. The number of benzene rings is 2. The number of anilines is 1. The van der Waals surface area contributed by atoms with Crippen LogP contribution in [0.4, 0.5) is 5.69 Å². The number of carbonyl (C=O) groups is 1. The van der Waals surface area contributed by atoms with E-state index in [4.69, 9.17) is 16.3 Å². The van der Waals surface area contributed by atoms with E-state index in [-0.39, 0.29) is 11.7 Å². The molecule has 0 unspecified atom stereocenters. The quantitative estimate of drug-likeness (QED) is 0.626. The van der Waals surface area contributed by atoms with Gasteiger partial charge in [-0.05, 0) is 48.9 Å². The van der Waals surface area contributed by atoms with Gasteiger partial charge in [-0.2, -0.15) is 0 Å². The van der Waals surface area contributed by atoms with E-state index in [9.17, 15) is 4.79 Å². The number of hydrogen-bond acceptors (Lipinski definition) is 5. The van der Waals surface area contributed by atoms with Crippen molar-refractivity contribution in [1.29, 1.82) is 0 Å². The number of hydrogen-bond donors (Lipinski definition) is 1. The van der Waals surface area contributed by atoms with E-state index in [1.807, 2.05) is 54.9 Å². The van der Waals surface area contributed by atoms with Gasteiger partial charge in [0.2, 0.25) is 5.91 Å². The Morgan fingerprint density at radius 3 is 2.63 bits per heavy atom. The fraction of sp³-hybridized carbons (Fsp3) is 0.211. The van der Waals surface area contributed by atoms with Crippen molar-refractivity contribution in [3.8, 4) is 17.1 Å². The predicted molar refractivity (Wildman–Crippen MR) is 109 cm³/mol. The molecule has 0 aliphatic carbocycles. The highest BCUT2D eigenvalue weighted by molar-refractivity contribution is 7.99. The Balaban J connectivity index is 1.63. The maximum atomic E-state index is 12.2. The van der Waals surface area contributed by atoms with Crippen LogP contribution in [-0.4, -0.2) is 33.5 Å². The molecular weight excluding hydrogens is 384 g/mol. The third kappa shape index (κ3) is 4.61. The fourth-order valence-electron chi connectivity index (χ4n) is 2.43. The number of nitrogens with zero attached hydrogens (tertiary/aromatic N) is 3. The number of amides is 1. The van der Waals surface area contributed by atoms with Gasteiger partial charge < -0.3 is 14.6 Å². The summed E-state index contributed by atoms with van der Waals surface area (Å²) in [6.45, 7) is 1.91. The second kappa shape index (κ2) is 8.45. The second-order valence-corrected chi connectivity index (χ2v) is 7.24. The van der Waals surface area contributed by atoms with Crippen LogP contribution in [0.25, 0.3) is 11.4 Å². The molecule has 0 atom stereocenters. The molecule has 2 aromatic carbocycles. The maximum Gasteiger partial charge on any atom is 0.234 e. The standard InChI is InChI=1S/C19H19ClN4O2S/c1-12-4-7-14(10-16(12)20)21-17(25)11-27-19-23-22-18(24(19)2)13-5-8-15(26-3)9-6-13/h4-10H,11H2,1-3H3,(H,21,25). The number of aromatic nitrogens is 3. The van der Waals surface area contributed by atoms with E-state index >= 15 is 0 Å². The summed E-state index contributed by atoms with van der Waals surface area (Å²) in [6, 6.07) is 13.0. The molecule has 0 saturated heterocycles. The minimum Gasteiger partial charge on any atom is -0.497 e. The molecule has 0 aliphatic rings. The fourth-order valence-corrected chi connectivity index (χ4v) is 3.32. The molecule has 1 heterocycles. The van der Waals surface area contributed by atoms with Crippen molar-refractivity contribution in [1.82, 2.24) is 14.8 Å². The Bertz CT molecular complexity index is 957. The van der Waals surface area contributed by atoms with Crippen molar-refractivity contribution in [2.45, 2.75) is 12.1 Å². The third-order valence-corrected chi connectivity index (χ3v) is 5.40. The lowest BCUT2D eigenvalue weighted by Crippen LogP contribution is -2.14. The summed E-state index contributed by atoms with van der Waals surface area (Å²) in [7, 11) is 3.50. The van der Waals surface area contributed by atoms with Gasteiger partial charge in [0, 0.05) is 23.3 Å². The summed E-state index contributed by atoms with van der Waals surface area (Å²) < 4.78 is 7.03. The molecule has 0 spiro atoms. The number of methoxy groups -OCH3 is 1. The zero-order valence-corrected chi connectivity index (χ0v) is 16.8. The molecule has 1 amide bonds. The molecular formula is C19H19ClN4O2S. The highest BCUT2D eigenvalue weighted by Gasteiger charge is 2.13. The van der Waals surface area contributed by atoms with E-state index in [1.165, 1.54) is 11.8 Å². The Hall–Kier alpha value is -2.51. The van der Waals surface area contributed by atoms with Gasteiger partial charge in [-0.25, -0.2) is 0 Å². The topological polar surface area (TPSA) is 69.0 Å². The van der Waals surface area contributed by atoms with Crippen molar-refractivity contribution in [3.63, 3.8) is 0 Å². The van der Waals surface area contributed by atoms with Gasteiger partial charge >= 0.3 is 0 Å². The molecule has 0 fully saturated rings. The van der Waals surface area contributed by atoms with Crippen LogP contribution in [0.15, 0.2) is 47.6 Å². The van der Waals surface area contributed by atoms with E-state index in [0.29, 0.717) is 15.9 Å². The van der Waals surface area contributed by atoms with Gasteiger partial charge in [0.1, 0.15) is 5.75 Å². The monoisotopic (exact) mass is 402 g/mol. The van der Waals surface area contributed by atoms with Gasteiger partial charge in [0.25, 0.3) is 0 Å². The van der Waals surface area contributed by atoms with Crippen molar-refractivity contribution >= 4 is 35.0 Å². The molecule has 1 aromatic heterocycles. The SMILES string of the molecule is COc1ccc(-c2nnc(SCC(=O)Nc3ccc(C)c(Cl)c3)n2C)cc1. The third-order valence-electron chi connectivity index (χ3n) is 3.97. The lowest BCUT2D eigenvalue weighted by atomic mass is 10.2. The summed E-state index contributed by atoms with van der Waals surface area (Å²) in [4.78, 5) is 12.2. The summed E-state index contributed by atoms with van der Waals surface area (Å²) in [5.74, 6) is 1.60. The molecule has 0 saturated carbocycles. The minimum absolute atomic E-state index is 0.131. The number of ether oxygens (including phenoxy) is 1. The average Bonchev–Trinajstić information content (AvgIpc) is 3.03. The Kier molecular flexibility index (Phi) is 6.03. The molecule has 3 rings (SSSR count). The maximum absolute atomic E-state index is 12.2. The number of carbonyl (C=O) groups excluding carboxylic acids is 1. The molecule has 140 valence electrons. The van der Waals surface area contributed by atoms with Crippen molar-refractivity contribution in [2.24, 2.45) is 7.05 Å². The molecule has 3 aromatic rings. The first kappa shape index (κ1) is 19.3. The number of nitrogens with one attached hydrogen (secondary N) is 1. The van der Waals surface area contributed by atoms with Gasteiger partial charge in [-0.15, -0.1) is 10.2 Å². The van der Waals surface area contributed by atoms with Crippen LogP contribution in [0.5, 0.6) is 5.75 Å². The summed E-state index contributed by atoms with van der Waals surface area (Å²) in [5, 5.41) is 12.5. The van der Waals surface area contributed by atoms with Crippen LogP contribution in [0.1, 0.15) is 5.56 Å². The molecule has 27 heavy (non-hydrogen) atoms. The van der Waals surface area contributed by atoms with Crippen molar-refractivity contribution < 1.29 is 9.53 Å². The predicted octanol–water partition coefficient (Wildman–Crippen LogP) is 4.18. The second-order valence-electron chi connectivity index (χ2n) is 5.89. The van der Waals surface area contributed by atoms with E-state index in [2.05, 4.69) is 15.5 Å². The summed E-state index contributed by atoms with van der Waals surface area (Å²) in [5.41, 5.74) is 2.57. The molecule has 0 aliphatic heterocycles. The lowest BCUT2D eigenvalue weighted by molar-refractivity contribution is -0.113. The Morgan fingerprint density at radius 1 is 1.22 bits per heavy atom. The Labute approximate surface area is 166 Å². The lowest BCUT2D eigenvalue weighted by Gasteiger charge is -2.07. The number of rotatable bonds is 6. The number of aryl methyl sites for hydroxylation is 1. The van der Waals surface area contributed by atoms with Gasteiger partial charge in [0.05, 0.1) is 12.9 Å². The van der Waals surface area contributed by atoms with Crippen molar-refractivity contribution in [2.75, 3.05) is 18.2 Å². The molecule has 0 bridgehead atoms. The summed E-state index contributed by atoms with van der Waals surface area (Å²) in [6.07, 6.45) is 0. The summed E-state index contributed by atoms with van der Waals surface area (Å²) >= 11 is 7.41. The van der Waals surface area contributed by atoms with Gasteiger partial charge in [-0.3, -0.25) is 4.79 Å². The van der Waals surface area contributed by atoms with E-state index in [1.54, 1.807) is 13.2 Å². The molecule has 6 nitrogen and oxygen atoms in total. The van der Waals surface area contributed by atoms with E-state index < -0.39 is 0 Å².